The molecule has 29 heavy (non-hydrogen) atoms. The fraction of sp³-hybridized carbons (Fsp3) is 0.190. The van der Waals surface area contributed by atoms with Gasteiger partial charge in [0.05, 0.1) is 12.8 Å². The molecule has 0 atom stereocenters. The molecule has 2 aromatic carbocycles. The number of hydrogen-bond acceptors (Lipinski definition) is 7. The lowest BCUT2D eigenvalue weighted by Crippen LogP contribution is -2.23. The molecule has 0 bridgehead atoms. The molecule has 0 fully saturated rings. The van der Waals surface area contributed by atoms with E-state index >= 15 is 0 Å². The molecule has 3 aromatic rings. The van der Waals surface area contributed by atoms with Crippen LogP contribution in [0.15, 0.2) is 53.9 Å². The summed E-state index contributed by atoms with van der Waals surface area (Å²) in [6.07, 6.45) is 0. The Bertz CT molecular complexity index is 985. The number of methoxy groups -OCH3 is 1. The van der Waals surface area contributed by atoms with Crippen LogP contribution in [0.1, 0.15) is 5.56 Å². The molecule has 0 aliphatic heterocycles. The Labute approximate surface area is 172 Å². The van der Waals surface area contributed by atoms with Gasteiger partial charge in [-0.2, -0.15) is 0 Å². The summed E-state index contributed by atoms with van der Waals surface area (Å²) in [6.45, 7) is 1.25. The van der Waals surface area contributed by atoms with E-state index in [4.69, 9.17) is 14.2 Å². The van der Waals surface area contributed by atoms with E-state index in [0.29, 0.717) is 10.9 Å². The van der Waals surface area contributed by atoms with Gasteiger partial charge in [0, 0.05) is 10.9 Å². The van der Waals surface area contributed by atoms with Crippen LogP contribution in [-0.4, -0.2) is 37.2 Å². The fourth-order valence-electron chi connectivity index (χ4n) is 2.42. The Morgan fingerprint density at radius 1 is 1.07 bits per heavy atom. The second-order valence-corrected chi connectivity index (χ2v) is 6.94. The van der Waals surface area contributed by atoms with Crippen molar-refractivity contribution in [3.8, 4) is 22.8 Å². The molecule has 8 heteroatoms. The van der Waals surface area contributed by atoms with Gasteiger partial charge in [-0.15, -0.1) is 11.3 Å². The lowest BCUT2D eigenvalue weighted by atomic mass is 10.2. The third kappa shape index (κ3) is 6.05. The van der Waals surface area contributed by atoms with E-state index in [-0.39, 0.29) is 6.61 Å². The molecule has 0 saturated heterocycles. The Hall–Kier alpha value is -3.39. The normalized spacial score (nSPS) is 10.3. The number of nitrogens with zero attached hydrogens (tertiary/aromatic N) is 1. The van der Waals surface area contributed by atoms with Crippen LogP contribution in [0.4, 0.5) is 5.13 Å². The molecule has 0 aliphatic carbocycles. The van der Waals surface area contributed by atoms with Crippen molar-refractivity contribution in [1.29, 1.82) is 0 Å². The van der Waals surface area contributed by atoms with Crippen LogP contribution in [0.25, 0.3) is 11.3 Å². The first-order valence-corrected chi connectivity index (χ1v) is 9.66. The van der Waals surface area contributed by atoms with Gasteiger partial charge in [-0.3, -0.25) is 10.1 Å². The molecule has 1 heterocycles. The van der Waals surface area contributed by atoms with E-state index < -0.39 is 18.5 Å². The zero-order valence-corrected chi connectivity index (χ0v) is 16.8. The molecule has 0 radical (unpaired) electrons. The van der Waals surface area contributed by atoms with Crippen molar-refractivity contribution in [1.82, 2.24) is 4.98 Å². The van der Waals surface area contributed by atoms with E-state index in [0.717, 1.165) is 22.6 Å². The van der Waals surface area contributed by atoms with Crippen LogP contribution in [-0.2, 0) is 14.3 Å². The zero-order chi connectivity index (χ0) is 20.6. The summed E-state index contributed by atoms with van der Waals surface area (Å²) in [5.41, 5.74) is 2.66. The highest BCUT2D eigenvalue weighted by Gasteiger charge is 2.11. The van der Waals surface area contributed by atoms with Crippen LogP contribution in [0.3, 0.4) is 0 Å². The van der Waals surface area contributed by atoms with E-state index in [1.807, 2.05) is 54.8 Å². The van der Waals surface area contributed by atoms with Crippen LogP contribution < -0.4 is 14.8 Å². The molecule has 1 aromatic heterocycles. The Morgan fingerprint density at radius 2 is 1.86 bits per heavy atom. The Kier molecular flexibility index (Phi) is 6.80. The van der Waals surface area contributed by atoms with Gasteiger partial charge in [-0.05, 0) is 48.9 Å². The molecule has 0 spiro atoms. The number of amides is 1. The van der Waals surface area contributed by atoms with Crippen molar-refractivity contribution >= 4 is 28.3 Å². The van der Waals surface area contributed by atoms with Gasteiger partial charge >= 0.3 is 5.97 Å². The van der Waals surface area contributed by atoms with Crippen LogP contribution in [0, 0.1) is 6.92 Å². The minimum Gasteiger partial charge on any atom is -0.497 e. The number of benzene rings is 2. The standard InChI is InChI=1S/C21H20N2O5S/c1-14-4-3-5-17(10-14)27-12-20(25)28-11-19(24)23-21-22-18(13-29-21)15-6-8-16(26-2)9-7-15/h3-10,13H,11-12H2,1-2H3,(H,22,23,24). The first kappa shape index (κ1) is 20.3. The summed E-state index contributed by atoms with van der Waals surface area (Å²) in [6, 6.07) is 14.8. The van der Waals surface area contributed by atoms with Gasteiger partial charge in [0.2, 0.25) is 0 Å². The number of carbonyl (C=O) groups is 2. The predicted octanol–water partition coefficient (Wildman–Crippen LogP) is 3.69. The molecule has 0 aliphatic rings. The van der Waals surface area contributed by atoms with Crippen LogP contribution in [0.2, 0.25) is 0 Å². The highest BCUT2D eigenvalue weighted by molar-refractivity contribution is 7.14. The number of aryl methyl sites for hydroxylation is 1. The first-order valence-electron chi connectivity index (χ1n) is 8.78. The zero-order valence-electron chi connectivity index (χ0n) is 16.0. The van der Waals surface area contributed by atoms with Crippen molar-refractivity contribution in [3.05, 3.63) is 59.5 Å². The lowest BCUT2D eigenvalue weighted by Gasteiger charge is -2.07. The highest BCUT2D eigenvalue weighted by atomic mass is 32.1. The molecule has 1 N–H and O–H groups in total. The van der Waals surface area contributed by atoms with Gasteiger partial charge in [0.1, 0.15) is 11.5 Å². The average molecular weight is 412 g/mol. The summed E-state index contributed by atoms with van der Waals surface area (Å²) in [4.78, 5) is 28.1. The molecule has 3 rings (SSSR count). The topological polar surface area (TPSA) is 86.8 Å². The maximum Gasteiger partial charge on any atom is 0.344 e. The fourth-order valence-corrected chi connectivity index (χ4v) is 3.15. The van der Waals surface area contributed by atoms with Crippen molar-refractivity contribution in [2.45, 2.75) is 6.92 Å². The average Bonchev–Trinajstić information content (AvgIpc) is 3.19. The first-order chi connectivity index (χ1) is 14.0. The highest BCUT2D eigenvalue weighted by Crippen LogP contribution is 2.26. The summed E-state index contributed by atoms with van der Waals surface area (Å²) >= 11 is 1.29. The quantitative estimate of drug-likeness (QED) is 0.568. The molecular formula is C21H20N2O5S. The number of hydrogen-bond donors (Lipinski definition) is 1. The van der Waals surface area contributed by atoms with Crippen molar-refractivity contribution in [3.63, 3.8) is 0 Å². The van der Waals surface area contributed by atoms with E-state index in [1.165, 1.54) is 11.3 Å². The van der Waals surface area contributed by atoms with Crippen molar-refractivity contribution in [2.24, 2.45) is 0 Å². The molecule has 1 amide bonds. The number of esters is 1. The number of anilines is 1. The Balaban J connectivity index is 1.44. The maximum absolute atomic E-state index is 12.0. The third-order valence-corrected chi connectivity index (χ3v) is 4.60. The second kappa shape index (κ2) is 9.70. The predicted molar refractivity (Wildman–Crippen MR) is 110 cm³/mol. The molecule has 0 saturated carbocycles. The number of rotatable bonds is 8. The molecule has 150 valence electrons. The summed E-state index contributed by atoms with van der Waals surface area (Å²) < 4.78 is 15.4. The van der Waals surface area contributed by atoms with Crippen molar-refractivity contribution in [2.75, 3.05) is 25.6 Å². The van der Waals surface area contributed by atoms with Gasteiger partial charge in [0.15, 0.2) is 18.3 Å². The minimum atomic E-state index is -0.625. The van der Waals surface area contributed by atoms with Crippen LogP contribution >= 0.6 is 11.3 Å². The SMILES string of the molecule is COc1ccc(-c2csc(NC(=O)COC(=O)COc3cccc(C)c3)n2)cc1. The number of nitrogens with one attached hydrogen (secondary N) is 1. The van der Waals surface area contributed by atoms with Gasteiger partial charge in [0.25, 0.3) is 5.91 Å². The number of ether oxygens (including phenoxy) is 3. The number of thiazole rings is 1. The number of carbonyl (C=O) groups excluding carboxylic acids is 2. The second-order valence-electron chi connectivity index (χ2n) is 6.08. The van der Waals surface area contributed by atoms with Gasteiger partial charge in [-0.25, -0.2) is 9.78 Å². The molecule has 0 unspecified atom stereocenters. The van der Waals surface area contributed by atoms with Gasteiger partial charge < -0.3 is 14.2 Å². The molecule has 7 nitrogen and oxygen atoms in total. The lowest BCUT2D eigenvalue weighted by molar-refractivity contribution is -0.149. The largest absolute Gasteiger partial charge is 0.497 e. The van der Waals surface area contributed by atoms with Gasteiger partial charge in [-0.1, -0.05) is 12.1 Å². The monoisotopic (exact) mass is 412 g/mol. The summed E-state index contributed by atoms with van der Waals surface area (Å²) in [5, 5.41) is 4.87. The Morgan fingerprint density at radius 3 is 2.59 bits per heavy atom. The number of aromatic nitrogens is 1. The minimum absolute atomic E-state index is 0.268. The van der Waals surface area contributed by atoms with Crippen molar-refractivity contribution < 1.29 is 23.8 Å². The van der Waals surface area contributed by atoms with E-state index in [9.17, 15) is 9.59 Å². The van der Waals surface area contributed by atoms with E-state index in [1.54, 1.807) is 13.2 Å². The van der Waals surface area contributed by atoms with E-state index in [2.05, 4.69) is 10.3 Å². The third-order valence-electron chi connectivity index (χ3n) is 3.85. The van der Waals surface area contributed by atoms with Crippen LogP contribution in [0.5, 0.6) is 11.5 Å². The summed E-state index contributed by atoms with van der Waals surface area (Å²) in [5.74, 6) is 0.232. The summed E-state index contributed by atoms with van der Waals surface area (Å²) in [7, 11) is 1.60. The molecular weight excluding hydrogens is 392 g/mol. The maximum atomic E-state index is 12.0. The smallest absolute Gasteiger partial charge is 0.344 e.